The van der Waals surface area contributed by atoms with Crippen LogP contribution in [0.25, 0.3) is 0 Å². The second-order valence-corrected chi connectivity index (χ2v) is 9.58. The van der Waals surface area contributed by atoms with E-state index < -0.39 is 10.0 Å². The highest BCUT2D eigenvalue weighted by Gasteiger charge is 2.25. The predicted octanol–water partition coefficient (Wildman–Crippen LogP) is 2.42. The molecule has 8 nitrogen and oxygen atoms in total. The largest absolute Gasteiger partial charge is 0.468 e. The van der Waals surface area contributed by atoms with E-state index in [9.17, 15) is 13.2 Å². The molecule has 0 bridgehead atoms. The highest BCUT2D eigenvalue weighted by atomic mass is 32.2. The molecular formula is C23H26N4O4S. The van der Waals surface area contributed by atoms with Gasteiger partial charge in [0.2, 0.25) is 10.0 Å². The Labute approximate surface area is 187 Å². The maximum atomic E-state index is 13.2. The second-order valence-electron chi connectivity index (χ2n) is 7.81. The van der Waals surface area contributed by atoms with Crippen LogP contribution in [0.4, 0.5) is 0 Å². The number of amides is 1. The number of piperazine rings is 1. The van der Waals surface area contributed by atoms with E-state index in [2.05, 4.69) is 14.6 Å². The first-order valence-corrected chi connectivity index (χ1v) is 11.9. The van der Waals surface area contributed by atoms with Gasteiger partial charge in [-0.15, -0.1) is 0 Å². The van der Waals surface area contributed by atoms with Gasteiger partial charge in [0.1, 0.15) is 5.76 Å². The maximum absolute atomic E-state index is 13.2. The number of benzene rings is 1. The van der Waals surface area contributed by atoms with Crippen LogP contribution in [0.1, 0.15) is 27.2 Å². The normalized spacial score (nSPS) is 15.1. The van der Waals surface area contributed by atoms with Gasteiger partial charge in [0.05, 0.1) is 17.7 Å². The van der Waals surface area contributed by atoms with Crippen LogP contribution in [0, 0.1) is 6.92 Å². The van der Waals surface area contributed by atoms with Crippen molar-refractivity contribution in [3.63, 3.8) is 0 Å². The van der Waals surface area contributed by atoms with Crippen LogP contribution in [0.5, 0.6) is 0 Å². The fourth-order valence-electron chi connectivity index (χ4n) is 3.69. The average Bonchev–Trinajstić information content (AvgIpc) is 3.33. The van der Waals surface area contributed by atoms with E-state index in [1.807, 2.05) is 25.3 Å². The van der Waals surface area contributed by atoms with Gasteiger partial charge >= 0.3 is 0 Å². The minimum atomic E-state index is -3.78. The van der Waals surface area contributed by atoms with Crippen molar-refractivity contribution in [2.75, 3.05) is 26.2 Å². The summed E-state index contributed by atoms with van der Waals surface area (Å²) in [7, 11) is -3.78. The van der Waals surface area contributed by atoms with E-state index >= 15 is 0 Å². The number of carbonyl (C=O) groups is 1. The van der Waals surface area contributed by atoms with E-state index in [4.69, 9.17) is 4.42 Å². The topological polar surface area (TPSA) is 95.7 Å². The van der Waals surface area contributed by atoms with E-state index in [1.165, 1.54) is 18.4 Å². The quantitative estimate of drug-likeness (QED) is 0.589. The Morgan fingerprint density at radius 1 is 1.12 bits per heavy atom. The Bertz CT molecular complexity index is 1160. The highest BCUT2D eigenvalue weighted by Crippen LogP contribution is 2.19. The SMILES string of the molecule is Cc1ccc(S(=O)(=O)NCc2ccco2)cc1C(=O)N1CCN(Cc2cccnc2)CC1. The number of carbonyl (C=O) groups excluding carboxylic acids is 1. The van der Waals surface area contributed by atoms with Gasteiger partial charge in [0.25, 0.3) is 5.91 Å². The molecule has 1 amide bonds. The standard InChI is InChI=1S/C23H26N4O4S/c1-18-6-7-21(32(29,30)25-16-20-5-3-13-31-20)14-22(18)23(28)27-11-9-26(10-12-27)17-19-4-2-8-24-15-19/h2-8,13-15,25H,9-12,16-17H2,1H3. The van der Waals surface area contributed by atoms with Gasteiger partial charge in [-0.2, -0.15) is 0 Å². The Morgan fingerprint density at radius 3 is 2.62 bits per heavy atom. The second kappa shape index (κ2) is 9.64. The molecule has 1 aliphatic rings. The predicted molar refractivity (Wildman–Crippen MR) is 119 cm³/mol. The average molecular weight is 455 g/mol. The minimum Gasteiger partial charge on any atom is -0.468 e. The summed E-state index contributed by atoms with van der Waals surface area (Å²) in [5.41, 5.74) is 2.30. The van der Waals surface area contributed by atoms with E-state index in [0.717, 1.165) is 30.8 Å². The number of aryl methyl sites for hydroxylation is 1. The summed E-state index contributed by atoms with van der Waals surface area (Å²) >= 11 is 0. The van der Waals surface area contributed by atoms with Crippen molar-refractivity contribution in [1.82, 2.24) is 19.5 Å². The van der Waals surface area contributed by atoms with Crippen LogP contribution < -0.4 is 4.72 Å². The Balaban J connectivity index is 1.41. The summed E-state index contributed by atoms with van der Waals surface area (Å²) in [6, 6.07) is 12.0. The Kier molecular flexibility index (Phi) is 6.69. The molecule has 0 saturated carbocycles. The molecule has 3 aromatic rings. The third kappa shape index (κ3) is 5.24. The molecule has 1 N–H and O–H groups in total. The summed E-state index contributed by atoms with van der Waals surface area (Å²) in [6.45, 7) is 5.34. The zero-order valence-electron chi connectivity index (χ0n) is 17.9. The lowest BCUT2D eigenvalue weighted by molar-refractivity contribution is 0.0627. The Morgan fingerprint density at radius 2 is 1.94 bits per heavy atom. The number of nitrogens with zero attached hydrogens (tertiary/aromatic N) is 3. The number of sulfonamides is 1. The zero-order chi connectivity index (χ0) is 22.6. The molecule has 9 heteroatoms. The number of furan rings is 1. The van der Waals surface area contributed by atoms with Crippen LogP contribution in [-0.4, -0.2) is 55.3 Å². The first kappa shape index (κ1) is 22.2. The van der Waals surface area contributed by atoms with Gasteiger partial charge in [-0.05, 0) is 48.4 Å². The number of pyridine rings is 1. The molecule has 168 valence electrons. The van der Waals surface area contributed by atoms with Gasteiger partial charge in [-0.25, -0.2) is 13.1 Å². The summed E-state index contributed by atoms with van der Waals surface area (Å²) in [5.74, 6) is 0.368. The first-order valence-electron chi connectivity index (χ1n) is 10.5. The van der Waals surface area contributed by atoms with Gasteiger partial charge in [0.15, 0.2) is 0 Å². The highest BCUT2D eigenvalue weighted by molar-refractivity contribution is 7.89. The van der Waals surface area contributed by atoms with Gasteiger partial charge in [0, 0.05) is 50.7 Å². The van der Waals surface area contributed by atoms with Gasteiger partial charge in [-0.1, -0.05) is 12.1 Å². The van der Waals surface area contributed by atoms with E-state index in [-0.39, 0.29) is 17.3 Å². The third-order valence-corrected chi connectivity index (χ3v) is 6.95. The smallest absolute Gasteiger partial charge is 0.254 e. The molecular weight excluding hydrogens is 428 g/mol. The summed E-state index contributed by atoms with van der Waals surface area (Å²) < 4.78 is 33.1. The molecule has 3 heterocycles. The molecule has 0 unspecified atom stereocenters. The molecule has 0 spiro atoms. The molecule has 0 aliphatic carbocycles. The fraction of sp³-hybridized carbons (Fsp3) is 0.304. The fourth-order valence-corrected chi connectivity index (χ4v) is 4.71. The Hall–Kier alpha value is -3.01. The van der Waals surface area contributed by atoms with E-state index in [1.54, 1.807) is 29.3 Å². The number of aromatic nitrogens is 1. The van der Waals surface area contributed by atoms with Crippen LogP contribution >= 0.6 is 0 Å². The molecule has 0 radical (unpaired) electrons. The summed E-state index contributed by atoms with van der Waals surface area (Å²) in [6.07, 6.45) is 5.10. The minimum absolute atomic E-state index is 0.0470. The molecule has 1 saturated heterocycles. The monoisotopic (exact) mass is 454 g/mol. The molecule has 32 heavy (non-hydrogen) atoms. The van der Waals surface area contributed by atoms with Crippen molar-refractivity contribution < 1.29 is 17.6 Å². The van der Waals surface area contributed by atoms with Crippen molar-refractivity contribution in [1.29, 1.82) is 0 Å². The van der Waals surface area contributed by atoms with Crippen molar-refractivity contribution >= 4 is 15.9 Å². The summed E-state index contributed by atoms with van der Waals surface area (Å²) in [5, 5.41) is 0. The molecule has 2 aromatic heterocycles. The van der Waals surface area contributed by atoms with Gasteiger partial charge in [-0.3, -0.25) is 14.7 Å². The van der Waals surface area contributed by atoms with E-state index in [0.29, 0.717) is 24.4 Å². The van der Waals surface area contributed by atoms with Crippen molar-refractivity contribution in [2.45, 2.75) is 24.9 Å². The van der Waals surface area contributed by atoms with Gasteiger partial charge < -0.3 is 9.32 Å². The maximum Gasteiger partial charge on any atom is 0.254 e. The number of nitrogens with one attached hydrogen (secondary N) is 1. The van der Waals surface area contributed by atoms with Crippen LogP contribution in [0.2, 0.25) is 0 Å². The molecule has 4 rings (SSSR count). The molecule has 0 atom stereocenters. The van der Waals surface area contributed by atoms with Crippen molar-refractivity contribution in [3.8, 4) is 0 Å². The zero-order valence-corrected chi connectivity index (χ0v) is 18.7. The lowest BCUT2D eigenvalue weighted by Gasteiger charge is -2.35. The first-order chi connectivity index (χ1) is 15.4. The van der Waals surface area contributed by atoms with Crippen LogP contribution in [0.3, 0.4) is 0 Å². The molecule has 1 fully saturated rings. The number of hydrogen-bond donors (Lipinski definition) is 1. The van der Waals surface area contributed by atoms with Crippen LogP contribution in [0.15, 0.2) is 70.4 Å². The summed E-state index contributed by atoms with van der Waals surface area (Å²) in [4.78, 5) is 21.5. The number of rotatable bonds is 7. The number of hydrogen-bond acceptors (Lipinski definition) is 6. The lowest BCUT2D eigenvalue weighted by atomic mass is 10.1. The molecule has 1 aromatic carbocycles. The molecule has 1 aliphatic heterocycles. The van der Waals surface area contributed by atoms with Crippen molar-refractivity contribution in [2.24, 2.45) is 0 Å². The third-order valence-electron chi connectivity index (χ3n) is 5.55. The van der Waals surface area contributed by atoms with Crippen molar-refractivity contribution in [3.05, 3.63) is 83.6 Å². The lowest BCUT2D eigenvalue weighted by Crippen LogP contribution is -2.48. The van der Waals surface area contributed by atoms with Crippen LogP contribution in [-0.2, 0) is 23.1 Å².